The minimum absolute atomic E-state index is 0.330. The van der Waals surface area contributed by atoms with Gasteiger partial charge in [0, 0.05) is 12.1 Å². The predicted molar refractivity (Wildman–Crippen MR) is 68.1 cm³/mol. The molecule has 0 aliphatic rings. The Bertz CT molecular complexity index is 528. The van der Waals surface area contributed by atoms with Gasteiger partial charge in [0.1, 0.15) is 17.4 Å². The van der Waals surface area contributed by atoms with Crippen LogP contribution in [0.15, 0.2) is 30.6 Å². The van der Waals surface area contributed by atoms with E-state index in [4.69, 9.17) is 4.74 Å². The van der Waals surface area contributed by atoms with Gasteiger partial charge in [0.05, 0.1) is 25.2 Å². The molecule has 2 rings (SSSR count). The Morgan fingerprint density at radius 3 is 2.72 bits per heavy atom. The van der Waals surface area contributed by atoms with E-state index in [9.17, 15) is 4.39 Å². The number of benzene rings is 1. The quantitative estimate of drug-likeness (QED) is 0.902. The van der Waals surface area contributed by atoms with Crippen molar-refractivity contribution < 1.29 is 9.13 Å². The Morgan fingerprint density at radius 1 is 1.28 bits per heavy atom. The van der Waals surface area contributed by atoms with Crippen molar-refractivity contribution >= 4 is 5.82 Å². The number of aromatic nitrogens is 2. The molecular formula is C13H14FN3O. The fourth-order valence-electron chi connectivity index (χ4n) is 1.62. The van der Waals surface area contributed by atoms with Crippen LogP contribution in [-0.4, -0.2) is 23.6 Å². The fraction of sp³-hybridized carbons (Fsp3) is 0.231. The molecule has 0 spiro atoms. The summed E-state index contributed by atoms with van der Waals surface area (Å²) in [5, 5.41) is 3.05. The predicted octanol–water partition coefficient (Wildman–Crippen LogP) is 2.72. The number of nitrogens with zero attached hydrogens (tertiary/aromatic N) is 2. The monoisotopic (exact) mass is 247 g/mol. The Balaban J connectivity index is 2.38. The Morgan fingerprint density at radius 2 is 2.11 bits per heavy atom. The van der Waals surface area contributed by atoms with Crippen LogP contribution in [0.3, 0.4) is 0 Å². The maximum absolute atomic E-state index is 13.3. The molecule has 94 valence electrons. The van der Waals surface area contributed by atoms with Crippen LogP contribution in [0.2, 0.25) is 0 Å². The van der Waals surface area contributed by atoms with Gasteiger partial charge in [-0.1, -0.05) is 0 Å². The van der Waals surface area contributed by atoms with Gasteiger partial charge in [-0.3, -0.25) is 4.98 Å². The van der Waals surface area contributed by atoms with E-state index < -0.39 is 0 Å². The number of rotatable bonds is 4. The van der Waals surface area contributed by atoms with E-state index in [1.54, 1.807) is 18.5 Å². The molecular weight excluding hydrogens is 233 g/mol. The molecule has 1 aromatic carbocycles. The summed E-state index contributed by atoms with van der Waals surface area (Å²) in [5.41, 5.74) is 1.17. The first kappa shape index (κ1) is 12.3. The second-order valence-electron chi connectivity index (χ2n) is 3.66. The van der Waals surface area contributed by atoms with Crippen molar-refractivity contribution in [3.05, 3.63) is 36.4 Å². The molecule has 1 N–H and O–H groups in total. The number of methoxy groups -OCH3 is 1. The van der Waals surface area contributed by atoms with E-state index in [0.717, 1.165) is 6.54 Å². The van der Waals surface area contributed by atoms with E-state index in [1.807, 2.05) is 6.92 Å². The molecule has 1 heterocycles. The van der Waals surface area contributed by atoms with E-state index in [-0.39, 0.29) is 5.82 Å². The summed E-state index contributed by atoms with van der Waals surface area (Å²) in [5.74, 6) is 0.932. The summed E-state index contributed by atoms with van der Waals surface area (Å²) in [6.45, 7) is 2.75. The smallest absolute Gasteiger partial charge is 0.144 e. The molecule has 4 nitrogen and oxygen atoms in total. The first-order chi connectivity index (χ1) is 8.74. The van der Waals surface area contributed by atoms with Crippen LogP contribution >= 0.6 is 0 Å². The summed E-state index contributed by atoms with van der Waals surface area (Å²) in [6.07, 6.45) is 3.21. The van der Waals surface area contributed by atoms with E-state index >= 15 is 0 Å². The summed E-state index contributed by atoms with van der Waals surface area (Å²) >= 11 is 0. The van der Waals surface area contributed by atoms with Crippen molar-refractivity contribution in [1.29, 1.82) is 0 Å². The van der Waals surface area contributed by atoms with Gasteiger partial charge in [-0.15, -0.1) is 0 Å². The maximum atomic E-state index is 13.3. The van der Waals surface area contributed by atoms with E-state index in [0.29, 0.717) is 22.8 Å². The molecule has 0 amide bonds. The van der Waals surface area contributed by atoms with Gasteiger partial charge < -0.3 is 10.1 Å². The Labute approximate surface area is 105 Å². The van der Waals surface area contributed by atoms with Crippen molar-refractivity contribution in [2.75, 3.05) is 19.0 Å². The minimum Gasteiger partial charge on any atom is -0.496 e. The average molecular weight is 247 g/mol. The lowest BCUT2D eigenvalue weighted by atomic mass is 10.1. The lowest BCUT2D eigenvalue weighted by molar-refractivity contribution is 0.415. The van der Waals surface area contributed by atoms with Gasteiger partial charge in [-0.25, -0.2) is 9.37 Å². The van der Waals surface area contributed by atoms with Crippen molar-refractivity contribution in [3.8, 4) is 17.0 Å². The van der Waals surface area contributed by atoms with Gasteiger partial charge in [-0.2, -0.15) is 0 Å². The summed E-state index contributed by atoms with van der Waals surface area (Å²) in [6, 6.07) is 4.31. The van der Waals surface area contributed by atoms with E-state index in [2.05, 4.69) is 15.3 Å². The highest BCUT2D eigenvalue weighted by Crippen LogP contribution is 2.28. The molecule has 0 saturated heterocycles. The normalized spacial score (nSPS) is 10.2. The third-order valence-electron chi connectivity index (χ3n) is 2.45. The van der Waals surface area contributed by atoms with Crippen molar-refractivity contribution in [3.63, 3.8) is 0 Å². The number of anilines is 1. The molecule has 0 atom stereocenters. The summed E-state index contributed by atoms with van der Waals surface area (Å²) in [7, 11) is 1.54. The third-order valence-corrected chi connectivity index (χ3v) is 2.45. The maximum Gasteiger partial charge on any atom is 0.144 e. The topological polar surface area (TPSA) is 47.0 Å². The zero-order chi connectivity index (χ0) is 13.0. The fourth-order valence-corrected chi connectivity index (χ4v) is 1.62. The standard InChI is InChI=1S/C13H14FN3O/c1-3-15-13-8-16-11(7-17-13)10-6-9(14)4-5-12(10)18-2/h4-8H,3H2,1-2H3,(H,15,17). The van der Waals surface area contributed by atoms with Crippen LogP contribution in [0.1, 0.15) is 6.92 Å². The molecule has 18 heavy (non-hydrogen) atoms. The average Bonchev–Trinajstić information content (AvgIpc) is 2.40. The highest BCUT2D eigenvalue weighted by molar-refractivity contribution is 5.66. The largest absolute Gasteiger partial charge is 0.496 e. The van der Waals surface area contributed by atoms with Gasteiger partial charge in [-0.05, 0) is 25.1 Å². The first-order valence-electron chi connectivity index (χ1n) is 5.64. The molecule has 0 aliphatic carbocycles. The molecule has 0 aliphatic heterocycles. The zero-order valence-electron chi connectivity index (χ0n) is 10.3. The SMILES string of the molecule is CCNc1cnc(-c2cc(F)ccc2OC)cn1. The number of nitrogens with one attached hydrogen (secondary N) is 1. The van der Waals surface area contributed by atoms with Gasteiger partial charge in [0.2, 0.25) is 0 Å². The molecule has 1 aromatic heterocycles. The van der Waals surface area contributed by atoms with E-state index in [1.165, 1.54) is 19.2 Å². The van der Waals surface area contributed by atoms with Gasteiger partial charge in [0.25, 0.3) is 0 Å². The number of ether oxygens (including phenoxy) is 1. The summed E-state index contributed by atoms with van der Waals surface area (Å²) < 4.78 is 18.4. The van der Waals surface area contributed by atoms with Crippen molar-refractivity contribution in [2.24, 2.45) is 0 Å². The molecule has 0 unspecified atom stereocenters. The minimum atomic E-state index is -0.330. The molecule has 0 saturated carbocycles. The molecule has 5 heteroatoms. The highest BCUT2D eigenvalue weighted by atomic mass is 19.1. The molecule has 0 radical (unpaired) electrons. The first-order valence-corrected chi connectivity index (χ1v) is 5.64. The summed E-state index contributed by atoms with van der Waals surface area (Å²) in [4.78, 5) is 8.44. The van der Waals surface area contributed by atoms with Crippen LogP contribution in [0.4, 0.5) is 10.2 Å². The molecule has 2 aromatic rings. The Hall–Kier alpha value is -2.17. The lowest BCUT2D eigenvalue weighted by Crippen LogP contribution is -2.00. The van der Waals surface area contributed by atoms with Gasteiger partial charge >= 0.3 is 0 Å². The van der Waals surface area contributed by atoms with Crippen LogP contribution in [-0.2, 0) is 0 Å². The van der Waals surface area contributed by atoms with Crippen LogP contribution in [0, 0.1) is 5.82 Å². The Kier molecular flexibility index (Phi) is 3.72. The third kappa shape index (κ3) is 2.56. The van der Waals surface area contributed by atoms with Crippen LogP contribution in [0.25, 0.3) is 11.3 Å². The second kappa shape index (κ2) is 5.44. The van der Waals surface area contributed by atoms with Gasteiger partial charge in [0.15, 0.2) is 0 Å². The lowest BCUT2D eigenvalue weighted by Gasteiger charge is -2.08. The number of hydrogen-bond acceptors (Lipinski definition) is 4. The molecule has 0 bridgehead atoms. The van der Waals surface area contributed by atoms with Crippen molar-refractivity contribution in [2.45, 2.75) is 6.92 Å². The van der Waals surface area contributed by atoms with Crippen molar-refractivity contribution in [1.82, 2.24) is 9.97 Å². The van der Waals surface area contributed by atoms with Crippen LogP contribution in [0.5, 0.6) is 5.75 Å². The molecule has 0 fully saturated rings. The highest BCUT2D eigenvalue weighted by Gasteiger charge is 2.09. The zero-order valence-corrected chi connectivity index (χ0v) is 10.3. The number of halogens is 1. The van der Waals surface area contributed by atoms with Crippen LogP contribution < -0.4 is 10.1 Å². The second-order valence-corrected chi connectivity index (χ2v) is 3.66. The number of hydrogen-bond donors (Lipinski definition) is 1.